The van der Waals surface area contributed by atoms with Crippen LogP contribution in [0.4, 0.5) is 0 Å². The maximum Gasteiger partial charge on any atom is -0.000664 e. The summed E-state index contributed by atoms with van der Waals surface area (Å²) in [5.74, 6) is 1.00. The minimum Gasteiger partial charge on any atom is -0.317 e. The quantitative estimate of drug-likeness (QED) is 0.672. The number of rotatable bonds is 7. The van der Waals surface area contributed by atoms with Crippen molar-refractivity contribution in [3.63, 3.8) is 0 Å². The third-order valence-electron chi connectivity index (χ3n) is 3.77. The van der Waals surface area contributed by atoms with Crippen LogP contribution in [0, 0.1) is 5.92 Å². The lowest BCUT2D eigenvalue weighted by molar-refractivity contribution is 0.275. The summed E-state index contributed by atoms with van der Waals surface area (Å²) >= 11 is 0. The first-order valence-corrected chi connectivity index (χ1v) is 7.29. The van der Waals surface area contributed by atoms with Crippen LogP contribution in [0.15, 0.2) is 0 Å². The van der Waals surface area contributed by atoms with Gasteiger partial charge in [0, 0.05) is 0 Å². The molecular weight excluding hydrogens is 196 g/mol. The van der Waals surface area contributed by atoms with Crippen LogP contribution in [0.3, 0.4) is 0 Å². The number of nitrogens with zero attached hydrogens (tertiary/aromatic N) is 1. The highest BCUT2D eigenvalue weighted by atomic mass is 15.1. The Morgan fingerprint density at radius 3 is 2.75 bits per heavy atom. The van der Waals surface area contributed by atoms with E-state index in [1.807, 2.05) is 0 Å². The highest BCUT2D eigenvalue weighted by Crippen LogP contribution is 2.19. The largest absolute Gasteiger partial charge is 0.317 e. The van der Waals surface area contributed by atoms with E-state index in [0.717, 1.165) is 5.92 Å². The average Bonchev–Trinajstić information content (AvgIpc) is 2.54. The zero-order valence-corrected chi connectivity index (χ0v) is 11.3. The third kappa shape index (κ3) is 5.86. The highest BCUT2D eigenvalue weighted by Gasteiger charge is 2.14. The fraction of sp³-hybridized carbons (Fsp3) is 1.00. The van der Waals surface area contributed by atoms with Gasteiger partial charge >= 0.3 is 0 Å². The van der Waals surface area contributed by atoms with Gasteiger partial charge in [0.15, 0.2) is 0 Å². The lowest BCUT2D eigenvalue weighted by Gasteiger charge is -2.20. The van der Waals surface area contributed by atoms with Crippen molar-refractivity contribution in [3.05, 3.63) is 0 Å². The van der Waals surface area contributed by atoms with Crippen LogP contribution < -0.4 is 5.32 Å². The molecule has 0 bridgehead atoms. The van der Waals surface area contributed by atoms with Gasteiger partial charge in [-0.05, 0) is 70.7 Å². The Morgan fingerprint density at radius 2 is 2.00 bits per heavy atom. The summed E-state index contributed by atoms with van der Waals surface area (Å²) in [4.78, 5) is 2.67. The van der Waals surface area contributed by atoms with Crippen molar-refractivity contribution in [1.82, 2.24) is 10.2 Å². The Labute approximate surface area is 102 Å². The van der Waals surface area contributed by atoms with E-state index < -0.39 is 0 Å². The molecule has 1 N–H and O–H groups in total. The molecule has 2 heteroatoms. The molecule has 1 aliphatic rings. The van der Waals surface area contributed by atoms with Crippen LogP contribution >= 0.6 is 0 Å². The smallest absolute Gasteiger partial charge is 0.000664 e. The Kier molecular flexibility index (Phi) is 7.87. The molecular formula is C14H30N2. The predicted molar refractivity (Wildman–Crippen MR) is 71.8 cm³/mol. The summed E-state index contributed by atoms with van der Waals surface area (Å²) < 4.78 is 0. The maximum absolute atomic E-state index is 3.48. The molecule has 0 saturated carbocycles. The van der Waals surface area contributed by atoms with Crippen molar-refractivity contribution in [2.24, 2.45) is 5.92 Å². The molecule has 0 aromatic heterocycles. The molecule has 1 unspecified atom stereocenters. The average molecular weight is 226 g/mol. The zero-order valence-electron chi connectivity index (χ0n) is 11.3. The summed E-state index contributed by atoms with van der Waals surface area (Å²) in [5, 5.41) is 3.48. The van der Waals surface area contributed by atoms with E-state index in [9.17, 15) is 0 Å². The molecule has 1 rings (SSSR count). The molecule has 2 nitrogen and oxygen atoms in total. The van der Waals surface area contributed by atoms with Crippen LogP contribution in [0.25, 0.3) is 0 Å². The van der Waals surface area contributed by atoms with Gasteiger partial charge in [-0.15, -0.1) is 0 Å². The lowest BCUT2D eigenvalue weighted by Crippen LogP contribution is -2.28. The number of likely N-dealkylation sites (tertiary alicyclic amines) is 1. The summed E-state index contributed by atoms with van der Waals surface area (Å²) in [5.41, 5.74) is 0. The maximum atomic E-state index is 3.48. The van der Waals surface area contributed by atoms with Crippen LogP contribution in [-0.4, -0.2) is 37.6 Å². The molecule has 1 atom stereocenters. The zero-order chi connectivity index (χ0) is 11.6. The van der Waals surface area contributed by atoms with Gasteiger partial charge in [-0.2, -0.15) is 0 Å². The summed E-state index contributed by atoms with van der Waals surface area (Å²) in [6, 6.07) is 0. The van der Waals surface area contributed by atoms with Gasteiger partial charge in [0.1, 0.15) is 0 Å². The fourth-order valence-corrected chi connectivity index (χ4v) is 2.59. The molecule has 1 heterocycles. The van der Waals surface area contributed by atoms with Gasteiger partial charge in [0.25, 0.3) is 0 Å². The second-order valence-corrected chi connectivity index (χ2v) is 5.15. The standard InChI is InChI=1S/C14H30N2/c1-3-9-15-10-6-12-16-11-5-7-14(4-2)8-13-16/h14-15H,3-13H2,1-2H3. The molecule has 0 aliphatic carbocycles. The molecule has 0 radical (unpaired) electrons. The van der Waals surface area contributed by atoms with Gasteiger partial charge in [0.05, 0.1) is 0 Å². The van der Waals surface area contributed by atoms with Gasteiger partial charge in [0.2, 0.25) is 0 Å². The van der Waals surface area contributed by atoms with E-state index in [4.69, 9.17) is 0 Å². The first-order valence-electron chi connectivity index (χ1n) is 7.29. The molecule has 0 aromatic carbocycles. The molecule has 0 spiro atoms. The third-order valence-corrected chi connectivity index (χ3v) is 3.77. The minimum absolute atomic E-state index is 1.00. The molecule has 0 amide bonds. The molecule has 96 valence electrons. The Morgan fingerprint density at radius 1 is 1.12 bits per heavy atom. The highest BCUT2D eigenvalue weighted by molar-refractivity contribution is 4.69. The van der Waals surface area contributed by atoms with Crippen LogP contribution in [0.5, 0.6) is 0 Å². The van der Waals surface area contributed by atoms with E-state index in [-0.39, 0.29) is 0 Å². The topological polar surface area (TPSA) is 15.3 Å². The molecule has 1 fully saturated rings. The van der Waals surface area contributed by atoms with E-state index >= 15 is 0 Å². The van der Waals surface area contributed by atoms with Crippen LogP contribution in [-0.2, 0) is 0 Å². The van der Waals surface area contributed by atoms with E-state index in [1.54, 1.807) is 0 Å². The molecule has 1 saturated heterocycles. The summed E-state index contributed by atoms with van der Waals surface area (Å²) in [7, 11) is 0. The van der Waals surface area contributed by atoms with Crippen molar-refractivity contribution in [2.75, 3.05) is 32.7 Å². The van der Waals surface area contributed by atoms with Crippen LogP contribution in [0.2, 0.25) is 0 Å². The monoisotopic (exact) mass is 226 g/mol. The Balaban J connectivity index is 2.03. The van der Waals surface area contributed by atoms with Gasteiger partial charge in [-0.3, -0.25) is 0 Å². The molecule has 16 heavy (non-hydrogen) atoms. The normalized spacial score (nSPS) is 23.2. The van der Waals surface area contributed by atoms with E-state index in [0.29, 0.717) is 0 Å². The van der Waals surface area contributed by atoms with Crippen LogP contribution in [0.1, 0.15) is 52.4 Å². The number of nitrogens with one attached hydrogen (secondary N) is 1. The number of hydrogen-bond donors (Lipinski definition) is 1. The van der Waals surface area contributed by atoms with Crippen molar-refractivity contribution >= 4 is 0 Å². The predicted octanol–water partition coefficient (Wildman–Crippen LogP) is 2.89. The van der Waals surface area contributed by atoms with Crippen molar-refractivity contribution in [1.29, 1.82) is 0 Å². The summed E-state index contributed by atoms with van der Waals surface area (Å²) in [6.45, 7) is 10.9. The van der Waals surface area contributed by atoms with E-state index in [1.165, 1.54) is 71.2 Å². The SMILES string of the molecule is CCCNCCCN1CCCC(CC)CC1. The second kappa shape index (κ2) is 9.00. The number of hydrogen-bond acceptors (Lipinski definition) is 2. The van der Waals surface area contributed by atoms with Crippen molar-refractivity contribution in [3.8, 4) is 0 Å². The minimum atomic E-state index is 1.00. The van der Waals surface area contributed by atoms with Crippen molar-refractivity contribution < 1.29 is 0 Å². The van der Waals surface area contributed by atoms with Gasteiger partial charge in [-0.25, -0.2) is 0 Å². The molecule has 1 aliphatic heterocycles. The van der Waals surface area contributed by atoms with E-state index in [2.05, 4.69) is 24.1 Å². The second-order valence-electron chi connectivity index (χ2n) is 5.15. The lowest BCUT2D eigenvalue weighted by atomic mass is 9.98. The van der Waals surface area contributed by atoms with Gasteiger partial charge in [-0.1, -0.05) is 20.3 Å². The first kappa shape index (κ1) is 14.0. The molecule has 0 aromatic rings. The van der Waals surface area contributed by atoms with Crippen molar-refractivity contribution in [2.45, 2.75) is 52.4 Å². The summed E-state index contributed by atoms with van der Waals surface area (Å²) in [6.07, 6.45) is 8.26. The van der Waals surface area contributed by atoms with Gasteiger partial charge < -0.3 is 10.2 Å². The Bertz CT molecular complexity index is 159. The first-order chi connectivity index (χ1) is 7.86. The fourth-order valence-electron chi connectivity index (χ4n) is 2.59. The Hall–Kier alpha value is -0.0800.